The number of nitrogens with two attached hydrogens (primary N) is 1. The van der Waals surface area contributed by atoms with E-state index >= 15 is 0 Å². The molecule has 42 heavy (non-hydrogen) atoms. The van der Waals surface area contributed by atoms with Gasteiger partial charge in [0.25, 0.3) is 0 Å². The summed E-state index contributed by atoms with van der Waals surface area (Å²) < 4.78 is 11.0. The first-order valence-electron chi connectivity index (χ1n) is 18.4. The zero-order valence-corrected chi connectivity index (χ0v) is 30.3. The second-order valence-corrected chi connectivity index (χ2v) is 11.5. The van der Waals surface area contributed by atoms with Crippen molar-refractivity contribution < 1.29 is 19.1 Å². The van der Waals surface area contributed by atoms with E-state index in [-0.39, 0.29) is 24.1 Å². The summed E-state index contributed by atoms with van der Waals surface area (Å²) in [6.45, 7) is 19.9. The Balaban J connectivity index is -0.000000290. The van der Waals surface area contributed by atoms with Gasteiger partial charge in [-0.15, -0.1) is 0 Å². The molecular weight excluding hydrogens is 522 g/mol. The molecule has 0 aliphatic carbocycles. The van der Waals surface area contributed by atoms with Gasteiger partial charge in [0.1, 0.15) is 12.2 Å². The number of hydrogen-bond donors (Lipinski definition) is 1. The molecule has 5 nitrogen and oxygen atoms in total. The topological polar surface area (TPSA) is 78.6 Å². The standard InChI is InChI=1S/C17H34O2.C15H30O2.C3H8.C2H7N/c1-4-7-9-11-13-15-17(18)19-16(6-3)14-12-10-8-5-2;1-4-7-9-11-13-15(16)17-14(6-3)12-10-8-5-2;1-3-2;1-2-3/h16H,4-15H2,1-3H3;14H,4-13H2,1-3H3;3H2,1-2H3;2-3H2,1H3. The summed E-state index contributed by atoms with van der Waals surface area (Å²) in [5.41, 5.74) is 4.85. The van der Waals surface area contributed by atoms with Crippen molar-refractivity contribution in [3.8, 4) is 0 Å². The molecule has 0 rings (SSSR count). The molecule has 2 unspecified atom stereocenters. The third-order valence-corrected chi connectivity index (χ3v) is 6.74. The molecular formula is C37H79NO4. The molecule has 5 heteroatoms. The highest BCUT2D eigenvalue weighted by molar-refractivity contribution is 5.69. The van der Waals surface area contributed by atoms with Gasteiger partial charge in [-0.2, -0.15) is 0 Å². The maximum atomic E-state index is 11.7. The number of carbonyl (C=O) groups excluding carboxylic acids is 2. The molecule has 0 aliphatic heterocycles. The lowest BCUT2D eigenvalue weighted by Crippen LogP contribution is -2.17. The van der Waals surface area contributed by atoms with Gasteiger partial charge in [0.15, 0.2) is 0 Å². The van der Waals surface area contributed by atoms with Gasteiger partial charge < -0.3 is 15.2 Å². The predicted octanol–water partition coefficient (Wildman–Crippen LogP) is 11.9. The first-order valence-corrected chi connectivity index (χ1v) is 18.4. The second kappa shape index (κ2) is 44.3. The Morgan fingerprint density at radius 1 is 0.476 bits per heavy atom. The molecule has 0 amide bonds. The van der Waals surface area contributed by atoms with Crippen LogP contribution in [-0.4, -0.2) is 30.7 Å². The van der Waals surface area contributed by atoms with Crippen LogP contribution < -0.4 is 5.73 Å². The van der Waals surface area contributed by atoms with Gasteiger partial charge in [-0.25, -0.2) is 0 Å². The van der Waals surface area contributed by atoms with Crippen molar-refractivity contribution >= 4 is 11.9 Å². The molecule has 0 bridgehead atoms. The molecule has 2 atom stereocenters. The molecule has 0 spiro atoms. The molecule has 256 valence electrons. The normalized spacial score (nSPS) is 11.5. The van der Waals surface area contributed by atoms with Crippen molar-refractivity contribution in [2.75, 3.05) is 6.54 Å². The number of hydrogen-bond acceptors (Lipinski definition) is 5. The fourth-order valence-corrected chi connectivity index (χ4v) is 4.17. The minimum absolute atomic E-state index is 0.00412. The van der Waals surface area contributed by atoms with Crippen LogP contribution in [0.3, 0.4) is 0 Å². The smallest absolute Gasteiger partial charge is 0.306 e. The first-order chi connectivity index (χ1) is 20.3. The summed E-state index contributed by atoms with van der Waals surface area (Å²) in [6, 6.07) is 0. The zero-order valence-electron chi connectivity index (χ0n) is 30.3. The number of unbranched alkanes of at least 4 members (excludes halogenated alkanes) is 12. The Bertz CT molecular complexity index is 496. The van der Waals surface area contributed by atoms with E-state index in [4.69, 9.17) is 15.2 Å². The summed E-state index contributed by atoms with van der Waals surface area (Å²) in [6.07, 6.45) is 25.9. The van der Waals surface area contributed by atoms with Crippen molar-refractivity contribution in [1.29, 1.82) is 0 Å². The Morgan fingerprint density at radius 3 is 1.07 bits per heavy atom. The average molecular weight is 602 g/mol. The Morgan fingerprint density at radius 2 is 0.738 bits per heavy atom. The van der Waals surface area contributed by atoms with Gasteiger partial charge in [-0.05, 0) is 57.9 Å². The summed E-state index contributed by atoms with van der Waals surface area (Å²) >= 11 is 0. The van der Waals surface area contributed by atoms with E-state index in [1.54, 1.807) is 0 Å². The Hall–Kier alpha value is -1.10. The molecule has 0 radical (unpaired) electrons. The molecule has 2 N–H and O–H groups in total. The van der Waals surface area contributed by atoms with Gasteiger partial charge in [-0.3, -0.25) is 9.59 Å². The Labute approximate surface area is 265 Å². The number of ether oxygens (including phenoxy) is 2. The SMILES string of the molecule is CCC.CCCCCCC(=O)OC(CC)CCCCC.CCCCCCCC(=O)OC(CC)CCCCCC.CCN. The quantitative estimate of drug-likeness (QED) is 0.0879. The lowest BCUT2D eigenvalue weighted by Gasteiger charge is -2.16. The maximum Gasteiger partial charge on any atom is 0.306 e. The van der Waals surface area contributed by atoms with E-state index in [1.165, 1.54) is 83.5 Å². The van der Waals surface area contributed by atoms with Crippen LogP contribution in [0, 0.1) is 0 Å². The van der Waals surface area contributed by atoms with Gasteiger partial charge in [0, 0.05) is 12.8 Å². The van der Waals surface area contributed by atoms with Crippen LogP contribution in [-0.2, 0) is 19.1 Å². The summed E-state index contributed by atoms with van der Waals surface area (Å²) in [5, 5.41) is 0. The fraction of sp³-hybridized carbons (Fsp3) is 0.946. The lowest BCUT2D eigenvalue weighted by atomic mass is 10.1. The minimum atomic E-state index is 0.00412. The van der Waals surface area contributed by atoms with Crippen molar-refractivity contribution in [2.24, 2.45) is 5.73 Å². The molecule has 0 saturated heterocycles. The number of carbonyl (C=O) groups is 2. The minimum Gasteiger partial charge on any atom is -0.462 e. The lowest BCUT2D eigenvalue weighted by molar-refractivity contribution is -0.150. The van der Waals surface area contributed by atoms with Crippen LogP contribution in [0.25, 0.3) is 0 Å². The van der Waals surface area contributed by atoms with Crippen molar-refractivity contribution in [3.05, 3.63) is 0 Å². The molecule has 0 aromatic carbocycles. The van der Waals surface area contributed by atoms with Gasteiger partial charge in [-0.1, -0.05) is 146 Å². The van der Waals surface area contributed by atoms with Crippen molar-refractivity contribution in [1.82, 2.24) is 0 Å². The van der Waals surface area contributed by atoms with E-state index in [2.05, 4.69) is 55.4 Å². The van der Waals surface area contributed by atoms with E-state index in [1.807, 2.05) is 6.92 Å². The van der Waals surface area contributed by atoms with Crippen LogP contribution in [0.4, 0.5) is 0 Å². The predicted molar refractivity (Wildman–Crippen MR) is 186 cm³/mol. The second-order valence-electron chi connectivity index (χ2n) is 11.5. The molecule has 0 aromatic rings. The number of rotatable bonds is 24. The maximum absolute atomic E-state index is 11.7. The fourth-order valence-electron chi connectivity index (χ4n) is 4.17. The third-order valence-electron chi connectivity index (χ3n) is 6.74. The summed E-state index contributed by atoms with van der Waals surface area (Å²) in [4.78, 5) is 23.3. The van der Waals surface area contributed by atoms with Crippen LogP contribution in [0.1, 0.15) is 210 Å². The summed E-state index contributed by atoms with van der Waals surface area (Å²) in [5.74, 6) is 0.0169. The molecule has 0 saturated carbocycles. The van der Waals surface area contributed by atoms with Crippen molar-refractivity contribution in [2.45, 2.75) is 222 Å². The largest absolute Gasteiger partial charge is 0.462 e. The van der Waals surface area contributed by atoms with Crippen LogP contribution in [0.5, 0.6) is 0 Å². The van der Waals surface area contributed by atoms with Gasteiger partial charge in [0.2, 0.25) is 0 Å². The van der Waals surface area contributed by atoms with E-state index < -0.39 is 0 Å². The zero-order chi connectivity index (χ0) is 32.7. The van der Waals surface area contributed by atoms with Crippen LogP contribution in [0.15, 0.2) is 0 Å². The van der Waals surface area contributed by atoms with Crippen LogP contribution >= 0.6 is 0 Å². The number of esters is 2. The van der Waals surface area contributed by atoms with E-state index in [0.717, 1.165) is 57.9 Å². The van der Waals surface area contributed by atoms with Gasteiger partial charge >= 0.3 is 11.9 Å². The molecule has 0 fully saturated rings. The van der Waals surface area contributed by atoms with E-state index in [0.29, 0.717) is 12.8 Å². The first kappa shape index (κ1) is 47.8. The molecule has 0 aliphatic rings. The van der Waals surface area contributed by atoms with E-state index in [9.17, 15) is 9.59 Å². The van der Waals surface area contributed by atoms with Crippen molar-refractivity contribution in [3.63, 3.8) is 0 Å². The highest BCUT2D eigenvalue weighted by atomic mass is 16.5. The summed E-state index contributed by atoms with van der Waals surface area (Å²) in [7, 11) is 0. The molecule has 0 aromatic heterocycles. The van der Waals surface area contributed by atoms with Crippen LogP contribution in [0.2, 0.25) is 0 Å². The average Bonchev–Trinajstić information content (AvgIpc) is 2.97. The third kappa shape index (κ3) is 45.9. The highest BCUT2D eigenvalue weighted by Crippen LogP contribution is 2.14. The molecule has 0 heterocycles. The Kier molecular flexibility index (Phi) is 50.5. The highest BCUT2D eigenvalue weighted by Gasteiger charge is 2.12. The van der Waals surface area contributed by atoms with Gasteiger partial charge in [0.05, 0.1) is 0 Å². The monoisotopic (exact) mass is 602 g/mol.